The van der Waals surface area contributed by atoms with Crippen LogP contribution in [0, 0.1) is 6.92 Å². The first-order chi connectivity index (χ1) is 6.29. The van der Waals surface area contributed by atoms with E-state index in [2.05, 4.69) is 12.2 Å². The predicted octanol–water partition coefficient (Wildman–Crippen LogP) is 3.43. The summed E-state index contributed by atoms with van der Waals surface area (Å²) in [6.07, 6.45) is 8.50. The summed E-state index contributed by atoms with van der Waals surface area (Å²) in [5, 5.41) is 8.76. The van der Waals surface area contributed by atoms with Crippen LogP contribution in [0.5, 0.6) is 5.75 Å². The number of aromatic hydroxyl groups is 1. The number of rotatable bonds is 0. The molecule has 1 N–H and O–H groups in total. The van der Waals surface area contributed by atoms with Gasteiger partial charge in [0.25, 0.3) is 0 Å². The molecule has 0 spiro atoms. The zero-order valence-corrected chi connectivity index (χ0v) is 8.03. The van der Waals surface area contributed by atoms with Gasteiger partial charge < -0.3 is 5.11 Å². The van der Waals surface area contributed by atoms with Gasteiger partial charge in [-0.3, -0.25) is 0 Å². The summed E-state index contributed by atoms with van der Waals surface area (Å²) in [6.45, 7) is 1.99. The summed E-state index contributed by atoms with van der Waals surface area (Å²) in [6, 6.07) is 7.09. The first-order valence-corrected chi connectivity index (χ1v) is 4.69. The van der Waals surface area contributed by atoms with E-state index < -0.39 is 0 Å². The minimum Gasteiger partial charge on any atom is -0.508 e. The minimum absolute atomic E-state index is 0.329. The van der Waals surface area contributed by atoms with Crippen LogP contribution in [0.1, 0.15) is 24.8 Å². The van der Waals surface area contributed by atoms with E-state index in [0.717, 1.165) is 0 Å². The number of hydrogen-bond acceptors (Lipinski definition) is 1. The van der Waals surface area contributed by atoms with E-state index in [9.17, 15) is 0 Å². The maximum atomic E-state index is 8.76. The molecule has 2 rings (SSSR count). The number of benzene rings is 1. The van der Waals surface area contributed by atoms with Gasteiger partial charge in [-0.05, 0) is 38.3 Å². The molecule has 0 amide bonds. The van der Waals surface area contributed by atoms with E-state index in [1.54, 1.807) is 12.1 Å². The van der Waals surface area contributed by atoms with E-state index in [-0.39, 0.29) is 0 Å². The van der Waals surface area contributed by atoms with Gasteiger partial charge in [0, 0.05) is 0 Å². The van der Waals surface area contributed by atoms with Crippen molar-refractivity contribution in [2.45, 2.75) is 26.2 Å². The highest BCUT2D eigenvalue weighted by Gasteiger charge is 1.85. The molecular weight excluding hydrogens is 160 g/mol. The standard InChI is InChI=1S/C7H8O.C5H8/c1-6-2-4-7(8)5-3-6;1-2-4-5-3-1/h2-5,8H,1H3;1-2H,3-5H2. The summed E-state index contributed by atoms with van der Waals surface area (Å²) in [5.74, 6) is 0.329. The predicted molar refractivity (Wildman–Crippen MR) is 55.8 cm³/mol. The molecule has 0 atom stereocenters. The number of allylic oxidation sites excluding steroid dienone is 2. The molecule has 0 radical (unpaired) electrons. The second kappa shape index (κ2) is 5.41. The number of aryl methyl sites for hydroxylation is 1. The summed E-state index contributed by atoms with van der Waals surface area (Å²) in [5.41, 5.74) is 1.17. The normalized spacial score (nSPS) is 13.6. The van der Waals surface area contributed by atoms with E-state index in [1.165, 1.54) is 24.8 Å². The van der Waals surface area contributed by atoms with Crippen molar-refractivity contribution in [3.8, 4) is 5.75 Å². The fraction of sp³-hybridized carbons (Fsp3) is 0.333. The largest absolute Gasteiger partial charge is 0.508 e. The molecule has 1 aromatic rings. The zero-order valence-electron chi connectivity index (χ0n) is 8.03. The van der Waals surface area contributed by atoms with Crippen LogP contribution in [0.3, 0.4) is 0 Å². The van der Waals surface area contributed by atoms with Crippen LogP contribution >= 0.6 is 0 Å². The van der Waals surface area contributed by atoms with Gasteiger partial charge in [-0.1, -0.05) is 29.8 Å². The van der Waals surface area contributed by atoms with Crippen LogP contribution in [0.4, 0.5) is 0 Å². The van der Waals surface area contributed by atoms with Crippen molar-refractivity contribution in [3.63, 3.8) is 0 Å². The van der Waals surface area contributed by atoms with Crippen molar-refractivity contribution >= 4 is 0 Å². The summed E-state index contributed by atoms with van der Waals surface area (Å²) < 4.78 is 0. The maximum absolute atomic E-state index is 8.76. The van der Waals surface area contributed by atoms with Crippen LogP contribution in [-0.4, -0.2) is 5.11 Å². The Hall–Kier alpha value is -1.24. The smallest absolute Gasteiger partial charge is 0.115 e. The molecule has 1 aliphatic carbocycles. The molecule has 0 saturated carbocycles. The molecule has 1 aromatic carbocycles. The molecule has 0 fully saturated rings. The Kier molecular flexibility index (Phi) is 4.10. The maximum Gasteiger partial charge on any atom is 0.115 e. The lowest BCUT2D eigenvalue weighted by Crippen LogP contribution is -1.66. The lowest BCUT2D eigenvalue weighted by molar-refractivity contribution is 0.475. The lowest BCUT2D eigenvalue weighted by Gasteiger charge is -1.89. The van der Waals surface area contributed by atoms with Crippen LogP contribution in [0.25, 0.3) is 0 Å². The van der Waals surface area contributed by atoms with E-state index in [1.807, 2.05) is 19.1 Å². The highest BCUT2D eigenvalue weighted by molar-refractivity contribution is 5.24. The number of phenols is 1. The highest BCUT2D eigenvalue weighted by Crippen LogP contribution is 2.07. The first-order valence-electron chi connectivity index (χ1n) is 4.69. The Morgan fingerprint density at radius 3 is 1.85 bits per heavy atom. The minimum atomic E-state index is 0.329. The Balaban J connectivity index is 0.000000145. The zero-order chi connectivity index (χ0) is 9.52. The van der Waals surface area contributed by atoms with Gasteiger partial charge in [-0.15, -0.1) is 0 Å². The molecule has 0 unspecified atom stereocenters. The number of phenolic OH excluding ortho intramolecular Hbond substituents is 1. The third-order valence-electron chi connectivity index (χ3n) is 1.94. The Morgan fingerprint density at radius 2 is 1.54 bits per heavy atom. The van der Waals surface area contributed by atoms with Gasteiger partial charge in [-0.25, -0.2) is 0 Å². The van der Waals surface area contributed by atoms with E-state index in [4.69, 9.17) is 5.11 Å². The van der Waals surface area contributed by atoms with E-state index >= 15 is 0 Å². The van der Waals surface area contributed by atoms with Gasteiger partial charge in [0.1, 0.15) is 5.75 Å². The molecule has 1 nitrogen and oxygen atoms in total. The summed E-state index contributed by atoms with van der Waals surface area (Å²) in [4.78, 5) is 0. The molecule has 0 aliphatic heterocycles. The van der Waals surface area contributed by atoms with Crippen molar-refractivity contribution in [3.05, 3.63) is 42.0 Å². The highest BCUT2D eigenvalue weighted by atomic mass is 16.3. The van der Waals surface area contributed by atoms with Crippen molar-refractivity contribution in [2.75, 3.05) is 0 Å². The summed E-state index contributed by atoms with van der Waals surface area (Å²) in [7, 11) is 0. The fourth-order valence-corrected chi connectivity index (χ4v) is 1.13. The molecule has 0 saturated heterocycles. The molecule has 0 heterocycles. The molecule has 13 heavy (non-hydrogen) atoms. The van der Waals surface area contributed by atoms with E-state index in [0.29, 0.717) is 5.75 Å². The van der Waals surface area contributed by atoms with Crippen molar-refractivity contribution in [1.82, 2.24) is 0 Å². The molecular formula is C12H16O. The average Bonchev–Trinajstić information content (AvgIpc) is 2.68. The molecule has 0 bridgehead atoms. The monoisotopic (exact) mass is 176 g/mol. The van der Waals surface area contributed by atoms with Crippen molar-refractivity contribution in [1.29, 1.82) is 0 Å². The molecule has 1 aliphatic rings. The number of hydrogen-bond donors (Lipinski definition) is 1. The SMILES string of the molecule is C1=CCCC1.Cc1ccc(O)cc1. The quantitative estimate of drug-likeness (QED) is 0.600. The van der Waals surface area contributed by atoms with Gasteiger partial charge in [0.15, 0.2) is 0 Å². The van der Waals surface area contributed by atoms with Crippen molar-refractivity contribution < 1.29 is 5.11 Å². The average molecular weight is 176 g/mol. The molecule has 70 valence electrons. The Labute approximate surface area is 79.7 Å². The fourth-order valence-electron chi connectivity index (χ4n) is 1.13. The van der Waals surface area contributed by atoms with Crippen molar-refractivity contribution in [2.24, 2.45) is 0 Å². The second-order valence-corrected chi connectivity index (χ2v) is 3.24. The van der Waals surface area contributed by atoms with Gasteiger partial charge in [-0.2, -0.15) is 0 Å². The third kappa shape index (κ3) is 4.36. The Morgan fingerprint density at radius 1 is 1.00 bits per heavy atom. The van der Waals surface area contributed by atoms with Crippen LogP contribution < -0.4 is 0 Å². The topological polar surface area (TPSA) is 20.2 Å². The molecule has 1 heteroatoms. The van der Waals surface area contributed by atoms with Gasteiger partial charge >= 0.3 is 0 Å². The first kappa shape index (κ1) is 9.85. The van der Waals surface area contributed by atoms with Gasteiger partial charge in [0.2, 0.25) is 0 Å². The lowest BCUT2D eigenvalue weighted by atomic mass is 10.2. The summed E-state index contributed by atoms with van der Waals surface area (Å²) >= 11 is 0. The van der Waals surface area contributed by atoms with Crippen LogP contribution in [0.15, 0.2) is 36.4 Å². The third-order valence-corrected chi connectivity index (χ3v) is 1.94. The van der Waals surface area contributed by atoms with Crippen LogP contribution in [-0.2, 0) is 0 Å². The van der Waals surface area contributed by atoms with Gasteiger partial charge in [0.05, 0.1) is 0 Å². The van der Waals surface area contributed by atoms with Crippen LogP contribution in [0.2, 0.25) is 0 Å². The molecule has 0 aromatic heterocycles. The Bertz CT molecular complexity index is 232. The second-order valence-electron chi connectivity index (χ2n) is 3.24.